The van der Waals surface area contributed by atoms with Crippen molar-refractivity contribution in [1.29, 1.82) is 0 Å². The summed E-state index contributed by atoms with van der Waals surface area (Å²) in [4.78, 5) is 2.29. The largest absolute Gasteiger partial charge is 0.330 e. The number of para-hydroxylation sites is 1. The van der Waals surface area contributed by atoms with Gasteiger partial charge >= 0.3 is 0 Å². The van der Waals surface area contributed by atoms with Crippen molar-refractivity contribution in [2.45, 2.75) is 20.4 Å². The van der Waals surface area contributed by atoms with Crippen molar-refractivity contribution in [3.05, 3.63) is 30.0 Å². The summed E-state index contributed by atoms with van der Waals surface area (Å²) in [6.45, 7) is 6.90. The SMILES string of the molecule is CN(Cc1nn(C)c2ccccc12)CC(C)(C)CN. The number of nitrogens with two attached hydrogens (primary N) is 1. The number of fused-ring (bicyclic) bond motifs is 1. The van der Waals surface area contributed by atoms with E-state index in [2.05, 4.69) is 55.2 Å². The number of benzene rings is 1. The fourth-order valence-corrected chi connectivity index (χ4v) is 2.51. The van der Waals surface area contributed by atoms with Crippen LogP contribution in [0, 0.1) is 5.41 Å². The molecule has 2 N–H and O–H groups in total. The lowest BCUT2D eigenvalue weighted by Crippen LogP contribution is -2.36. The smallest absolute Gasteiger partial charge is 0.0843 e. The number of rotatable bonds is 5. The van der Waals surface area contributed by atoms with Gasteiger partial charge in [-0.05, 0) is 25.1 Å². The quantitative estimate of drug-likeness (QED) is 0.894. The molecule has 2 aromatic rings. The average Bonchev–Trinajstić information content (AvgIpc) is 2.66. The molecule has 0 radical (unpaired) electrons. The summed E-state index contributed by atoms with van der Waals surface area (Å²) in [5.74, 6) is 0. The Balaban J connectivity index is 2.18. The van der Waals surface area contributed by atoms with Crippen LogP contribution in [0.15, 0.2) is 24.3 Å². The van der Waals surface area contributed by atoms with Gasteiger partial charge in [-0.25, -0.2) is 0 Å². The van der Waals surface area contributed by atoms with Gasteiger partial charge in [0, 0.05) is 25.5 Å². The zero-order valence-corrected chi connectivity index (χ0v) is 12.3. The summed E-state index contributed by atoms with van der Waals surface area (Å²) in [7, 11) is 4.12. The summed E-state index contributed by atoms with van der Waals surface area (Å²) in [5, 5.41) is 5.87. The minimum absolute atomic E-state index is 0.138. The van der Waals surface area contributed by atoms with Crippen LogP contribution in [0.3, 0.4) is 0 Å². The molecule has 4 nitrogen and oxygen atoms in total. The Hall–Kier alpha value is -1.39. The predicted molar refractivity (Wildman–Crippen MR) is 79.9 cm³/mol. The maximum absolute atomic E-state index is 5.80. The van der Waals surface area contributed by atoms with E-state index in [1.165, 1.54) is 10.9 Å². The minimum atomic E-state index is 0.138. The topological polar surface area (TPSA) is 47.1 Å². The van der Waals surface area contributed by atoms with Gasteiger partial charge in [-0.3, -0.25) is 9.58 Å². The molecule has 0 spiro atoms. The van der Waals surface area contributed by atoms with Crippen molar-refractivity contribution in [2.75, 3.05) is 20.1 Å². The number of nitrogens with zero attached hydrogens (tertiary/aromatic N) is 3. The third-order valence-electron chi connectivity index (χ3n) is 3.50. The van der Waals surface area contributed by atoms with Crippen LogP contribution in [-0.4, -0.2) is 34.8 Å². The molecule has 0 saturated heterocycles. The maximum atomic E-state index is 5.80. The Morgan fingerprint density at radius 1 is 1.32 bits per heavy atom. The van der Waals surface area contributed by atoms with E-state index in [-0.39, 0.29) is 5.41 Å². The molecule has 19 heavy (non-hydrogen) atoms. The van der Waals surface area contributed by atoms with Crippen LogP contribution in [0.4, 0.5) is 0 Å². The van der Waals surface area contributed by atoms with Crippen molar-refractivity contribution in [3.8, 4) is 0 Å². The summed E-state index contributed by atoms with van der Waals surface area (Å²) in [6, 6.07) is 8.36. The molecule has 0 aliphatic rings. The normalized spacial score (nSPS) is 12.5. The molecule has 104 valence electrons. The second-order valence-electron chi connectivity index (χ2n) is 6.13. The second-order valence-corrected chi connectivity index (χ2v) is 6.13. The van der Waals surface area contributed by atoms with Crippen LogP contribution in [0.5, 0.6) is 0 Å². The van der Waals surface area contributed by atoms with E-state index < -0.39 is 0 Å². The lowest BCUT2D eigenvalue weighted by atomic mass is 9.93. The Morgan fingerprint density at radius 3 is 2.68 bits per heavy atom. The third kappa shape index (κ3) is 3.14. The molecular weight excluding hydrogens is 236 g/mol. The average molecular weight is 260 g/mol. The first kappa shape index (κ1) is 14.0. The van der Waals surface area contributed by atoms with Crippen LogP contribution in [0.2, 0.25) is 0 Å². The molecule has 1 heterocycles. The zero-order chi connectivity index (χ0) is 14.0. The van der Waals surface area contributed by atoms with Crippen LogP contribution in [0.1, 0.15) is 19.5 Å². The van der Waals surface area contributed by atoms with E-state index >= 15 is 0 Å². The van der Waals surface area contributed by atoms with Crippen LogP contribution < -0.4 is 5.73 Å². The van der Waals surface area contributed by atoms with Gasteiger partial charge in [0.1, 0.15) is 0 Å². The van der Waals surface area contributed by atoms with Gasteiger partial charge in [-0.1, -0.05) is 32.0 Å². The fraction of sp³-hybridized carbons (Fsp3) is 0.533. The molecule has 0 fully saturated rings. The molecule has 2 rings (SSSR count). The highest BCUT2D eigenvalue weighted by atomic mass is 15.3. The molecule has 0 amide bonds. The third-order valence-corrected chi connectivity index (χ3v) is 3.50. The first-order chi connectivity index (χ1) is 8.93. The van der Waals surface area contributed by atoms with Gasteiger partial charge in [0.25, 0.3) is 0 Å². The molecule has 0 aliphatic heterocycles. The van der Waals surface area contributed by atoms with Crippen molar-refractivity contribution in [1.82, 2.24) is 14.7 Å². The van der Waals surface area contributed by atoms with Gasteiger partial charge in [-0.15, -0.1) is 0 Å². The highest BCUT2D eigenvalue weighted by Gasteiger charge is 2.19. The summed E-state index contributed by atoms with van der Waals surface area (Å²) in [5.41, 5.74) is 8.25. The van der Waals surface area contributed by atoms with E-state index in [0.29, 0.717) is 6.54 Å². The highest BCUT2D eigenvalue weighted by molar-refractivity contribution is 5.81. The second kappa shape index (κ2) is 5.31. The Labute approximate surface area is 115 Å². The number of hydrogen-bond donors (Lipinski definition) is 1. The monoisotopic (exact) mass is 260 g/mol. The van der Waals surface area contributed by atoms with Gasteiger partial charge in [0.2, 0.25) is 0 Å². The molecule has 0 aliphatic carbocycles. The van der Waals surface area contributed by atoms with Crippen LogP contribution >= 0.6 is 0 Å². The maximum Gasteiger partial charge on any atom is 0.0843 e. The standard InChI is InChI=1S/C15H24N4/c1-15(2,10-16)11-18(3)9-13-12-7-5-6-8-14(12)19(4)17-13/h5-8H,9-11,16H2,1-4H3. The highest BCUT2D eigenvalue weighted by Crippen LogP contribution is 2.20. The predicted octanol–water partition coefficient (Wildman–Crippen LogP) is 1.99. The molecule has 4 heteroatoms. The summed E-state index contributed by atoms with van der Waals surface area (Å²) in [6.07, 6.45) is 0. The van der Waals surface area contributed by atoms with Gasteiger partial charge in [-0.2, -0.15) is 5.10 Å². The van der Waals surface area contributed by atoms with Crippen LogP contribution in [-0.2, 0) is 13.6 Å². The van der Waals surface area contributed by atoms with Crippen LogP contribution in [0.25, 0.3) is 10.9 Å². The fourth-order valence-electron chi connectivity index (χ4n) is 2.51. The van der Waals surface area contributed by atoms with Gasteiger partial charge in [0.15, 0.2) is 0 Å². The van der Waals surface area contributed by atoms with Crippen molar-refractivity contribution >= 4 is 10.9 Å². The molecule has 0 unspecified atom stereocenters. The van der Waals surface area contributed by atoms with E-state index in [0.717, 1.165) is 18.8 Å². The minimum Gasteiger partial charge on any atom is -0.330 e. The zero-order valence-electron chi connectivity index (χ0n) is 12.3. The van der Waals surface area contributed by atoms with Crippen molar-refractivity contribution in [3.63, 3.8) is 0 Å². The van der Waals surface area contributed by atoms with Crippen molar-refractivity contribution in [2.24, 2.45) is 18.2 Å². The number of hydrogen-bond acceptors (Lipinski definition) is 3. The van der Waals surface area contributed by atoms with E-state index in [4.69, 9.17) is 5.73 Å². The van der Waals surface area contributed by atoms with E-state index in [9.17, 15) is 0 Å². The van der Waals surface area contributed by atoms with Gasteiger partial charge < -0.3 is 5.73 Å². The van der Waals surface area contributed by atoms with E-state index in [1.807, 2.05) is 11.7 Å². The lowest BCUT2D eigenvalue weighted by Gasteiger charge is -2.28. The summed E-state index contributed by atoms with van der Waals surface area (Å²) >= 11 is 0. The van der Waals surface area contributed by atoms with Crippen molar-refractivity contribution < 1.29 is 0 Å². The number of aryl methyl sites for hydroxylation is 1. The van der Waals surface area contributed by atoms with E-state index in [1.54, 1.807) is 0 Å². The Bertz CT molecular complexity index is 556. The molecule has 0 bridgehead atoms. The first-order valence-electron chi connectivity index (χ1n) is 6.72. The molecule has 1 aromatic heterocycles. The lowest BCUT2D eigenvalue weighted by molar-refractivity contribution is 0.208. The number of aromatic nitrogens is 2. The molecular formula is C15H24N4. The Kier molecular flexibility index (Phi) is 3.92. The summed E-state index contributed by atoms with van der Waals surface area (Å²) < 4.78 is 1.95. The van der Waals surface area contributed by atoms with Gasteiger partial charge in [0.05, 0.1) is 11.2 Å². The first-order valence-corrected chi connectivity index (χ1v) is 6.72. The molecule has 1 aromatic carbocycles. The Morgan fingerprint density at radius 2 is 2.00 bits per heavy atom. The molecule has 0 saturated carbocycles. The molecule has 0 atom stereocenters.